The van der Waals surface area contributed by atoms with Crippen molar-refractivity contribution in [3.05, 3.63) is 69.3 Å². The van der Waals surface area contributed by atoms with Crippen molar-refractivity contribution in [2.75, 3.05) is 11.5 Å². The van der Waals surface area contributed by atoms with E-state index in [1.807, 2.05) is 13.0 Å². The Bertz CT molecular complexity index is 971. The van der Waals surface area contributed by atoms with Crippen LogP contribution in [0.3, 0.4) is 0 Å². The standard InChI is InChI=1S/C18H15N3O5/c1-3-25-18-16(22)14-9-11(2)7-8-15(14)20(18)17(19-26-18)12-5-4-6-13(10-12)21(23)24/h4-10H,3H2,1-2H3/t18-/m0/s1. The van der Waals surface area contributed by atoms with E-state index in [-0.39, 0.29) is 23.9 Å². The molecule has 2 aromatic rings. The lowest BCUT2D eigenvalue weighted by molar-refractivity contribution is -0.384. The minimum absolute atomic E-state index is 0.0752. The highest BCUT2D eigenvalue weighted by atomic mass is 16.8. The molecule has 2 aromatic carbocycles. The predicted molar refractivity (Wildman–Crippen MR) is 93.1 cm³/mol. The summed E-state index contributed by atoms with van der Waals surface area (Å²) in [6.45, 7) is 3.87. The highest BCUT2D eigenvalue weighted by Crippen LogP contribution is 2.45. The Morgan fingerprint density at radius 3 is 2.85 bits per heavy atom. The minimum atomic E-state index is -1.70. The molecule has 1 atom stereocenters. The van der Waals surface area contributed by atoms with E-state index in [1.54, 1.807) is 36.1 Å². The van der Waals surface area contributed by atoms with Crippen LogP contribution in [0.25, 0.3) is 0 Å². The van der Waals surface area contributed by atoms with Crippen molar-refractivity contribution >= 4 is 23.0 Å². The van der Waals surface area contributed by atoms with E-state index in [0.29, 0.717) is 16.8 Å². The first-order chi connectivity index (χ1) is 12.5. The van der Waals surface area contributed by atoms with E-state index in [4.69, 9.17) is 9.57 Å². The van der Waals surface area contributed by atoms with Gasteiger partial charge in [-0.1, -0.05) is 28.9 Å². The van der Waals surface area contributed by atoms with E-state index < -0.39 is 10.8 Å². The van der Waals surface area contributed by atoms with Gasteiger partial charge in [-0.25, -0.2) is 0 Å². The number of Topliss-reactive ketones (excluding diaryl/α,β-unsaturated/α-hetero) is 1. The maximum atomic E-state index is 13.0. The zero-order chi connectivity index (χ0) is 18.5. The number of fused-ring (bicyclic) bond motifs is 3. The fourth-order valence-corrected chi connectivity index (χ4v) is 3.23. The van der Waals surface area contributed by atoms with Crippen molar-refractivity contribution < 1.29 is 19.3 Å². The van der Waals surface area contributed by atoms with Gasteiger partial charge in [-0.3, -0.25) is 19.8 Å². The number of oxime groups is 1. The van der Waals surface area contributed by atoms with Crippen molar-refractivity contribution in [1.29, 1.82) is 0 Å². The van der Waals surface area contributed by atoms with Gasteiger partial charge in [0.15, 0.2) is 5.84 Å². The first-order valence-electron chi connectivity index (χ1n) is 8.08. The Hall–Kier alpha value is -3.26. The fourth-order valence-electron chi connectivity index (χ4n) is 3.23. The number of hydrogen-bond donors (Lipinski definition) is 0. The maximum absolute atomic E-state index is 13.0. The summed E-state index contributed by atoms with van der Waals surface area (Å²) in [5.41, 5.74) is 2.38. The second-order valence-corrected chi connectivity index (χ2v) is 6.01. The SMILES string of the molecule is CCO[C@@]12ON=C(c3cccc([N+](=O)[O-])c3)N1c1ccc(C)cc1C2=O. The van der Waals surface area contributed by atoms with Gasteiger partial charge < -0.3 is 9.57 Å². The van der Waals surface area contributed by atoms with Crippen LogP contribution < -0.4 is 4.90 Å². The molecule has 0 aliphatic carbocycles. The number of carbonyl (C=O) groups is 1. The Morgan fingerprint density at radius 1 is 1.31 bits per heavy atom. The van der Waals surface area contributed by atoms with Gasteiger partial charge >= 0.3 is 5.91 Å². The van der Waals surface area contributed by atoms with E-state index in [9.17, 15) is 14.9 Å². The molecule has 4 rings (SSSR count). The van der Waals surface area contributed by atoms with Gasteiger partial charge in [-0.05, 0) is 26.0 Å². The van der Waals surface area contributed by atoms with Gasteiger partial charge in [-0.15, -0.1) is 0 Å². The average molecular weight is 353 g/mol. The third-order valence-corrected chi connectivity index (χ3v) is 4.34. The van der Waals surface area contributed by atoms with E-state index in [0.717, 1.165) is 5.56 Å². The fraction of sp³-hybridized carbons (Fsp3) is 0.222. The first kappa shape index (κ1) is 16.2. The van der Waals surface area contributed by atoms with E-state index in [1.165, 1.54) is 12.1 Å². The monoisotopic (exact) mass is 353 g/mol. The molecule has 0 spiro atoms. The molecule has 0 bridgehead atoms. The van der Waals surface area contributed by atoms with Crippen LogP contribution in [0.1, 0.15) is 28.4 Å². The number of amidine groups is 1. The van der Waals surface area contributed by atoms with Crippen LogP contribution in [0, 0.1) is 17.0 Å². The lowest BCUT2D eigenvalue weighted by Gasteiger charge is -2.28. The number of nitrogens with zero attached hydrogens (tertiary/aromatic N) is 3. The smallest absolute Gasteiger partial charge is 0.327 e. The third kappa shape index (κ3) is 2.12. The summed E-state index contributed by atoms with van der Waals surface area (Å²) in [5.74, 6) is -1.76. The number of nitro groups is 1. The van der Waals surface area contributed by atoms with Crippen LogP contribution >= 0.6 is 0 Å². The highest BCUT2D eigenvalue weighted by molar-refractivity contribution is 6.24. The summed E-state index contributed by atoms with van der Waals surface area (Å²) in [7, 11) is 0. The van der Waals surface area contributed by atoms with Gasteiger partial charge in [0, 0.05) is 17.7 Å². The minimum Gasteiger partial charge on any atom is -0.327 e. The maximum Gasteiger partial charge on any atom is 0.390 e. The number of non-ortho nitro benzene ring substituents is 1. The largest absolute Gasteiger partial charge is 0.390 e. The molecule has 2 aliphatic heterocycles. The number of ketones is 1. The van der Waals surface area contributed by atoms with Crippen LogP contribution in [0.4, 0.5) is 11.4 Å². The molecule has 0 N–H and O–H groups in total. The number of rotatable bonds is 4. The van der Waals surface area contributed by atoms with Crippen molar-refractivity contribution in [2.24, 2.45) is 5.16 Å². The molecule has 8 nitrogen and oxygen atoms in total. The zero-order valence-electron chi connectivity index (χ0n) is 14.1. The third-order valence-electron chi connectivity index (χ3n) is 4.34. The van der Waals surface area contributed by atoms with Gasteiger partial charge in [0.1, 0.15) is 0 Å². The summed E-state index contributed by atoms with van der Waals surface area (Å²) in [6, 6.07) is 11.5. The summed E-state index contributed by atoms with van der Waals surface area (Å²) in [4.78, 5) is 30.7. The molecule has 26 heavy (non-hydrogen) atoms. The topological polar surface area (TPSA) is 94.3 Å². The van der Waals surface area contributed by atoms with Gasteiger partial charge in [0.05, 0.1) is 22.8 Å². The molecule has 2 heterocycles. The first-order valence-corrected chi connectivity index (χ1v) is 8.08. The number of aryl methyl sites for hydroxylation is 1. The Labute approximate surface area is 148 Å². The molecule has 0 saturated heterocycles. The number of nitro benzene ring substituents is 1. The van der Waals surface area contributed by atoms with Gasteiger partial charge in [0.25, 0.3) is 11.5 Å². The van der Waals surface area contributed by atoms with Crippen LogP contribution in [-0.4, -0.2) is 29.1 Å². The van der Waals surface area contributed by atoms with Crippen LogP contribution in [0.2, 0.25) is 0 Å². The molecule has 0 radical (unpaired) electrons. The Balaban J connectivity index is 1.87. The van der Waals surface area contributed by atoms with Crippen molar-refractivity contribution in [3.63, 3.8) is 0 Å². The molecule has 0 aromatic heterocycles. The number of hydrogen-bond acceptors (Lipinski definition) is 7. The van der Waals surface area contributed by atoms with Crippen molar-refractivity contribution in [3.8, 4) is 0 Å². The Kier molecular flexibility index (Phi) is 3.52. The molecule has 0 saturated carbocycles. The number of ether oxygens (including phenoxy) is 1. The second-order valence-electron chi connectivity index (χ2n) is 6.01. The molecular formula is C18H15N3O5. The quantitative estimate of drug-likeness (QED) is 0.619. The summed E-state index contributed by atoms with van der Waals surface area (Å²) < 4.78 is 5.68. The normalized spacial score (nSPS) is 20.5. The molecule has 0 fully saturated rings. The second kappa shape index (κ2) is 5.63. The average Bonchev–Trinajstić information content (AvgIpc) is 3.11. The molecule has 0 amide bonds. The molecular weight excluding hydrogens is 338 g/mol. The molecule has 0 unspecified atom stereocenters. The van der Waals surface area contributed by atoms with Crippen LogP contribution in [0.5, 0.6) is 0 Å². The lowest BCUT2D eigenvalue weighted by atomic mass is 10.1. The lowest BCUT2D eigenvalue weighted by Crippen LogP contribution is -2.52. The van der Waals surface area contributed by atoms with E-state index >= 15 is 0 Å². The number of carbonyl (C=O) groups excluding carboxylic acids is 1. The summed E-state index contributed by atoms with van der Waals surface area (Å²) >= 11 is 0. The molecule has 8 heteroatoms. The zero-order valence-corrected chi connectivity index (χ0v) is 14.1. The number of benzene rings is 2. The Morgan fingerprint density at radius 2 is 2.12 bits per heavy atom. The summed E-state index contributed by atoms with van der Waals surface area (Å²) in [5, 5.41) is 15.1. The molecule has 132 valence electrons. The van der Waals surface area contributed by atoms with Crippen LogP contribution in [-0.2, 0) is 9.57 Å². The van der Waals surface area contributed by atoms with Crippen molar-refractivity contribution in [1.82, 2.24) is 0 Å². The number of anilines is 1. The van der Waals surface area contributed by atoms with Gasteiger partial charge in [0.2, 0.25) is 0 Å². The van der Waals surface area contributed by atoms with Crippen LogP contribution in [0.15, 0.2) is 47.6 Å². The molecule has 2 aliphatic rings. The predicted octanol–water partition coefficient (Wildman–Crippen LogP) is 2.99. The van der Waals surface area contributed by atoms with Crippen molar-refractivity contribution in [2.45, 2.75) is 19.8 Å². The summed E-state index contributed by atoms with van der Waals surface area (Å²) in [6.07, 6.45) is 0. The van der Waals surface area contributed by atoms with E-state index in [2.05, 4.69) is 5.16 Å². The van der Waals surface area contributed by atoms with Gasteiger partial charge in [-0.2, -0.15) is 0 Å². The highest BCUT2D eigenvalue weighted by Gasteiger charge is 2.61.